The summed E-state index contributed by atoms with van der Waals surface area (Å²) in [6.45, 7) is 3.77. The van der Waals surface area contributed by atoms with Crippen molar-refractivity contribution < 1.29 is 0 Å². The molecule has 0 fully saturated rings. The van der Waals surface area contributed by atoms with E-state index >= 15 is 0 Å². The zero-order chi connectivity index (χ0) is 15.2. The van der Waals surface area contributed by atoms with E-state index in [1.54, 1.807) is 0 Å². The molecule has 0 atom stereocenters. The van der Waals surface area contributed by atoms with Gasteiger partial charge in [-0.25, -0.2) is 0 Å². The van der Waals surface area contributed by atoms with Crippen LogP contribution in [0.3, 0.4) is 0 Å². The predicted octanol–water partition coefficient (Wildman–Crippen LogP) is 4.05. The van der Waals surface area contributed by atoms with Crippen molar-refractivity contribution in [1.29, 1.82) is 0 Å². The number of nitrogens with zero attached hydrogens (tertiary/aromatic N) is 2. The van der Waals surface area contributed by atoms with Crippen LogP contribution in [0, 0.1) is 6.92 Å². The van der Waals surface area contributed by atoms with Gasteiger partial charge in [-0.2, -0.15) is 0 Å². The first kappa shape index (κ1) is 15.7. The summed E-state index contributed by atoms with van der Waals surface area (Å²) in [6, 6.07) is 16.2. The number of halogens is 1. The van der Waals surface area contributed by atoms with Crippen LogP contribution in [-0.2, 0) is 0 Å². The van der Waals surface area contributed by atoms with Crippen molar-refractivity contribution in [2.24, 2.45) is 4.99 Å². The summed E-state index contributed by atoms with van der Waals surface area (Å²) in [6.07, 6.45) is 0. The Bertz CT molecular complexity index is 585. The van der Waals surface area contributed by atoms with E-state index in [9.17, 15) is 0 Å². The van der Waals surface area contributed by atoms with E-state index in [-0.39, 0.29) is 0 Å². The molecule has 2 rings (SSSR count). The van der Waals surface area contributed by atoms with Gasteiger partial charge < -0.3 is 4.90 Å². The molecule has 0 spiro atoms. The van der Waals surface area contributed by atoms with Gasteiger partial charge in [0, 0.05) is 22.7 Å². The van der Waals surface area contributed by atoms with Crippen molar-refractivity contribution in [2.45, 2.75) is 6.92 Å². The van der Waals surface area contributed by atoms with E-state index in [1.165, 1.54) is 5.56 Å². The number of aliphatic imine (C=N–C) groups is 1. The Balaban J connectivity index is 2.45. The lowest BCUT2D eigenvalue weighted by molar-refractivity contribution is 0.420. The van der Waals surface area contributed by atoms with Crippen LogP contribution in [0.1, 0.15) is 16.7 Å². The highest BCUT2D eigenvalue weighted by Crippen LogP contribution is 2.21. The van der Waals surface area contributed by atoms with Gasteiger partial charge in [-0.05, 0) is 32.6 Å². The Morgan fingerprint density at radius 3 is 2.24 bits per heavy atom. The molecule has 2 nitrogen and oxygen atoms in total. The molecule has 0 saturated heterocycles. The van der Waals surface area contributed by atoms with Gasteiger partial charge in [0.25, 0.3) is 0 Å². The minimum absolute atomic E-state index is 0.740. The molecule has 0 radical (unpaired) electrons. The van der Waals surface area contributed by atoms with Crippen LogP contribution in [0.25, 0.3) is 0 Å². The van der Waals surface area contributed by atoms with E-state index in [1.807, 2.05) is 36.4 Å². The highest BCUT2D eigenvalue weighted by atomic mass is 35.5. The highest BCUT2D eigenvalue weighted by Gasteiger charge is 2.12. The molecule has 110 valence electrons. The zero-order valence-electron chi connectivity index (χ0n) is 12.8. The van der Waals surface area contributed by atoms with Gasteiger partial charge in [-0.1, -0.05) is 54.1 Å². The first-order chi connectivity index (χ1) is 10.1. The van der Waals surface area contributed by atoms with Crippen molar-refractivity contribution in [2.75, 3.05) is 27.2 Å². The Kier molecular flexibility index (Phi) is 5.54. The maximum Gasteiger partial charge on any atom is 0.0737 e. The molecule has 0 saturated carbocycles. The molecular formula is C18H21ClN2. The van der Waals surface area contributed by atoms with Gasteiger partial charge in [-0.15, -0.1) is 0 Å². The van der Waals surface area contributed by atoms with Crippen LogP contribution in [0.5, 0.6) is 0 Å². The second kappa shape index (κ2) is 7.39. The van der Waals surface area contributed by atoms with Crippen LogP contribution in [-0.4, -0.2) is 37.8 Å². The molecule has 2 aromatic carbocycles. The summed E-state index contributed by atoms with van der Waals surface area (Å²) >= 11 is 6.37. The fourth-order valence-electron chi connectivity index (χ4n) is 2.17. The molecule has 0 aliphatic carbocycles. The number of hydrogen-bond acceptors (Lipinski definition) is 2. The van der Waals surface area contributed by atoms with Crippen molar-refractivity contribution in [1.82, 2.24) is 4.90 Å². The third-order valence-electron chi connectivity index (χ3n) is 3.35. The second-order valence-corrected chi connectivity index (χ2v) is 5.74. The smallest absolute Gasteiger partial charge is 0.0737 e. The van der Waals surface area contributed by atoms with Gasteiger partial charge in [0.1, 0.15) is 0 Å². The Labute approximate surface area is 132 Å². The second-order valence-electron chi connectivity index (χ2n) is 5.33. The van der Waals surface area contributed by atoms with Gasteiger partial charge in [0.15, 0.2) is 0 Å². The van der Waals surface area contributed by atoms with Crippen LogP contribution >= 0.6 is 11.6 Å². The number of likely N-dealkylation sites (N-methyl/N-ethyl adjacent to an activating group) is 1. The third-order valence-corrected chi connectivity index (χ3v) is 3.68. The largest absolute Gasteiger partial charge is 0.308 e. The lowest BCUT2D eigenvalue weighted by atomic mass is 9.98. The number of benzene rings is 2. The van der Waals surface area contributed by atoms with Crippen molar-refractivity contribution in [3.8, 4) is 0 Å². The monoisotopic (exact) mass is 300 g/mol. The van der Waals surface area contributed by atoms with E-state index in [2.05, 4.69) is 38.1 Å². The van der Waals surface area contributed by atoms with E-state index < -0.39 is 0 Å². The van der Waals surface area contributed by atoms with E-state index in [0.717, 1.165) is 35.0 Å². The average molecular weight is 301 g/mol. The Hall–Kier alpha value is -1.64. The summed E-state index contributed by atoms with van der Waals surface area (Å²) in [5, 5.41) is 0.740. The molecule has 0 aromatic heterocycles. The summed E-state index contributed by atoms with van der Waals surface area (Å²) < 4.78 is 0. The molecule has 0 amide bonds. The summed E-state index contributed by atoms with van der Waals surface area (Å²) in [7, 11) is 4.11. The molecule has 2 aromatic rings. The number of rotatable bonds is 5. The quantitative estimate of drug-likeness (QED) is 0.761. The molecule has 0 aliphatic rings. The van der Waals surface area contributed by atoms with E-state index in [0.29, 0.717) is 0 Å². The molecule has 3 heteroatoms. The molecule has 0 heterocycles. The average Bonchev–Trinajstić information content (AvgIpc) is 2.45. The van der Waals surface area contributed by atoms with Crippen molar-refractivity contribution in [3.63, 3.8) is 0 Å². The number of aryl methyl sites for hydroxylation is 1. The fraction of sp³-hybridized carbons (Fsp3) is 0.278. The maximum atomic E-state index is 6.37. The Morgan fingerprint density at radius 2 is 1.62 bits per heavy atom. The van der Waals surface area contributed by atoms with Crippen molar-refractivity contribution >= 4 is 17.3 Å². The van der Waals surface area contributed by atoms with Crippen LogP contribution in [0.4, 0.5) is 0 Å². The number of hydrogen-bond donors (Lipinski definition) is 0. The van der Waals surface area contributed by atoms with Gasteiger partial charge in [-0.3, -0.25) is 4.99 Å². The lowest BCUT2D eigenvalue weighted by Gasteiger charge is -2.13. The molecule has 0 N–H and O–H groups in total. The first-order valence-corrected chi connectivity index (χ1v) is 7.47. The standard InChI is InChI=1S/C18H21ClN2/c1-14-8-4-5-9-15(14)18(20-12-13-21(2)3)16-10-6-7-11-17(16)19/h4-11H,12-13H2,1-3H3. The highest BCUT2D eigenvalue weighted by molar-refractivity contribution is 6.35. The SMILES string of the molecule is Cc1ccccc1C(=NCCN(C)C)c1ccccc1Cl. The molecule has 0 bridgehead atoms. The Morgan fingerprint density at radius 1 is 1.00 bits per heavy atom. The molecule has 0 unspecified atom stereocenters. The van der Waals surface area contributed by atoms with Crippen LogP contribution in [0.15, 0.2) is 53.5 Å². The summed E-state index contributed by atoms with van der Waals surface area (Å²) in [5.74, 6) is 0. The molecule has 21 heavy (non-hydrogen) atoms. The van der Waals surface area contributed by atoms with Crippen molar-refractivity contribution in [3.05, 3.63) is 70.2 Å². The van der Waals surface area contributed by atoms with E-state index in [4.69, 9.17) is 16.6 Å². The predicted molar refractivity (Wildman–Crippen MR) is 91.7 cm³/mol. The topological polar surface area (TPSA) is 15.6 Å². The van der Waals surface area contributed by atoms with Gasteiger partial charge in [0.2, 0.25) is 0 Å². The third kappa shape index (κ3) is 4.16. The summed E-state index contributed by atoms with van der Waals surface area (Å²) in [5.41, 5.74) is 4.32. The zero-order valence-corrected chi connectivity index (χ0v) is 13.6. The minimum Gasteiger partial charge on any atom is -0.308 e. The summed E-state index contributed by atoms with van der Waals surface area (Å²) in [4.78, 5) is 6.95. The van der Waals surface area contributed by atoms with Crippen LogP contribution in [0.2, 0.25) is 5.02 Å². The normalized spacial score (nSPS) is 12.0. The minimum atomic E-state index is 0.740. The van der Waals surface area contributed by atoms with Crippen LogP contribution < -0.4 is 0 Å². The molecular weight excluding hydrogens is 280 g/mol. The van der Waals surface area contributed by atoms with Gasteiger partial charge >= 0.3 is 0 Å². The first-order valence-electron chi connectivity index (χ1n) is 7.09. The lowest BCUT2D eigenvalue weighted by Crippen LogP contribution is -2.17. The molecule has 0 aliphatic heterocycles. The fourth-order valence-corrected chi connectivity index (χ4v) is 2.39. The maximum absolute atomic E-state index is 6.37. The van der Waals surface area contributed by atoms with Gasteiger partial charge in [0.05, 0.1) is 12.3 Å².